The van der Waals surface area contributed by atoms with E-state index in [-0.39, 0.29) is 17.9 Å². The summed E-state index contributed by atoms with van der Waals surface area (Å²) in [4.78, 5) is 6.60. The van der Waals surface area contributed by atoms with E-state index in [9.17, 15) is 4.39 Å². The van der Waals surface area contributed by atoms with Gasteiger partial charge in [0.05, 0.1) is 11.7 Å². The average Bonchev–Trinajstić information content (AvgIpc) is 3.40. The Labute approximate surface area is 179 Å². The van der Waals surface area contributed by atoms with Gasteiger partial charge in [-0.3, -0.25) is 4.98 Å². The number of nitrogens with zero attached hydrogens (tertiary/aromatic N) is 2. The lowest BCUT2D eigenvalue weighted by Crippen LogP contribution is -2.29. The lowest BCUT2D eigenvalue weighted by Gasteiger charge is -2.26. The summed E-state index contributed by atoms with van der Waals surface area (Å²) >= 11 is 5.69. The van der Waals surface area contributed by atoms with E-state index in [2.05, 4.69) is 15.2 Å². The highest BCUT2D eigenvalue weighted by Crippen LogP contribution is 2.42. The number of hydrogen-bond donors (Lipinski definition) is 1. The topological polar surface area (TPSA) is 41.3 Å². The first kappa shape index (κ1) is 18.5. The Morgan fingerprint density at radius 3 is 2.40 bits per heavy atom. The fourth-order valence-electron chi connectivity index (χ4n) is 3.79. The summed E-state index contributed by atoms with van der Waals surface area (Å²) in [5.41, 5.74) is 2.66. The normalized spacial score (nSPS) is 18.4. The van der Waals surface area contributed by atoms with Gasteiger partial charge in [-0.05, 0) is 72.9 Å². The number of pyridine rings is 1. The predicted octanol–water partition coefficient (Wildman–Crippen LogP) is 5.66. The molecule has 1 saturated heterocycles. The average molecular weight is 415 g/mol. The number of nitrogens with one attached hydrogen (secondary N) is 1. The van der Waals surface area contributed by atoms with E-state index in [4.69, 9.17) is 16.6 Å². The second kappa shape index (κ2) is 7.72. The van der Waals surface area contributed by atoms with Crippen molar-refractivity contribution in [1.82, 2.24) is 10.3 Å². The molecule has 3 heterocycles. The number of aromatic nitrogens is 1. The molecule has 2 aromatic heterocycles. The van der Waals surface area contributed by atoms with Gasteiger partial charge in [-0.15, -0.1) is 0 Å². The van der Waals surface area contributed by atoms with Gasteiger partial charge in [0.15, 0.2) is 5.11 Å². The van der Waals surface area contributed by atoms with Crippen molar-refractivity contribution in [2.75, 3.05) is 4.90 Å². The van der Waals surface area contributed by atoms with Gasteiger partial charge in [-0.1, -0.05) is 24.3 Å². The number of furan rings is 1. The molecular formula is C24H18FN3OS. The van der Waals surface area contributed by atoms with E-state index in [1.165, 1.54) is 12.1 Å². The summed E-state index contributed by atoms with van der Waals surface area (Å²) in [6, 6.07) is 25.5. The molecule has 1 N–H and O–H groups in total. The van der Waals surface area contributed by atoms with Crippen LogP contribution in [0.2, 0.25) is 0 Å². The third-order valence-electron chi connectivity index (χ3n) is 5.18. The summed E-state index contributed by atoms with van der Waals surface area (Å²) in [7, 11) is 0. The minimum Gasteiger partial charge on any atom is -0.459 e. The summed E-state index contributed by atoms with van der Waals surface area (Å²) in [5, 5.41) is 4.02. The Balaban J connectivity index is 1.59. The van der Waals surface area contributed by atoms with E-state index in [1.807, 2.05) is 60.7 Å². The van der Waals surface area contributed by atoms with Crippen LogP contribution in [0.3, 0.4) is 0 Å². The van der Waals surface area contributed by atoms with Gasteiger partial charge in [0.2, 0.25) is 0 Å². The van der Waals surface area contributed by atoms with Crippen molar-refractivity contribution in [2.45, 2.75) is 12.1 Å². The number of anilines is 1. The summed E-state index contributed by atoms with van der Waals surface area (Å²) in [5.74, 6) is 1.15. The summed E-state index contributed by atoms with van der Waals surface area (Å²) in [6.07, 6.45) is 1.77. The third-order valence-corrected chi connectivity index (χ3v) is 5.49. The number of thiocarbonyl (C=S) groups is 1. The quantitative estimate of drug-likeness (QED) is 0.436. The van der Waals surface area contributed by atoms with Gasteiger partial charge in [-0.25, -0.2) is 4.39 Å². The second-order valence-electron chi connectivity index (χ2n) is 7.04. The molecule has 1 aliphatic rings. The minimum absolute atomic E-state index is 0.175. The summed E-state index contributed by atoms with van der Waals surface area (Å²) in [6.45, 7) is 0. The molecule has 0 saturated carbocycles. The summed E-state index contributed by atoms with van der Waals surface area (Å²) < 4.78 is 19.6. The first-order valence-electron chi connectivity index (χ1n) is 9.62. The molecule has 0 bridgehead atoms. The maximum Gasteiger partial charge on any atom is 0.174 e. The first-order valence-corrected chi connectivity index (χ1v) is 10.0. The van der Waals surface area contributed by atoms with Gasteiger partial charge in [0.1, 0.15) is 23.4 Å². The Kier molecular flexibility index (Phi) is 4.77. The zero-order chi connectivity index (χ0) is 20.5. The molecule has 1 aliphatic heterocycles. The molecule has 148 valence electrons. The maximum atomic E-state index is 13.3. The molecular weight excluding hydrogens is 397 g/mol. The van der Waals surface area contributed by atoms with Crippen molar-refractivity contribution in [3.63, 3.8) is 0 Å². The van der Waals surface area contributed by atoms with Crippen molar-refractivity contribution in [2.24, 2.45) is 0 Å². The third kappa shape index (κ3) is 3.35. The molecule has 0 radical (unpaired) electrons. The number of benzene rings is 2. The van der Waals surface area contributed by atoms with Crippen LogP contribution in [0, 0.1) is 5.82 Å². The van der Waals surface area contributed by atoms with Crippen LogP contribution in [-0.2, 0) is 0 Å². The molecule has 0 spiro atoms. The number of para-hydroxylation sites is 1. The molecule has 5 rings (SSSR count). The smallest absolute Gasteiger partial charge is 0.174 e. The first-order chi connectivity index (χ1) is 14.7. The maximum absolute atomic E-state index is 13.3. The van der Waals surface area contributed by atoms with E-state index in [0.29, 0.717) is 10.9 Å². The van der Waals surface area contributed by atoms with Crippen molar-refractivity contribution in [1.29, 1.82) is 0 Å². The second-order valence-corrected chi connectivity index (χ2v) is 7.43. The van der Waals surface area contributed by atoms with Crippen LogP contribution in [0.15, 0.2) is 95.5 Å². The van der Waals surface area contributed by atoms with Crippen LogP contribution in [-0.4, -0.2) is 10.1 Å². The minimum atomic E-state index is -0.277. The molecule has 4 nitrogen and oxygen atoms in total. The van der Waals surface area contributed by atoms with E-state index in [1.54, 1.807) is 18.3 Å². The molecule has 0 unspecified atom stereocenters. The standard InChI is InChI=1S/C24H18FN3OS/c25-17-11-9-16(10-12-17)20-13-14-21(29-20)23-22(19-8-4-5-15-26-19)27-24(30)28(23)18-6-2-1-3-7-18/h1-15,22-23H,(H,27,30)/t22-,23+/m1/s1. The fraction of sp³-hybridized carbons (Fsp3) is 0.0833. The zero-order valence-corrected chi connectivity index (χ0v) is 16.7. The SMILES string of the molecule is Fc1ccc(-c2ccc([C@H]3[C@@H](c4ccccn4)NC(=S)N3c3ccccc3)o2)cc1. The van der Waals surface area contributed by atoms with E-state index < -0.39 is 0 Å². The molecule has 0 amide bonds. The van der Waals surface area contributed by atoms with Crippen molar-refractivity contribution in [3.8, 4) is 11.3 Å². The van der Waals surface area contributed by atoms with Crippen molar-refractivity contribution in [3.05, 3.63) is 108 Å². The van der Waals surface area contributed by atoms with Gasteiger partial charge in [-0.2, -0.15) is 0 Å². The van der Waals surface area contributed by atoms with Crippen LogP contribution >= 0.6 is 12.2 Å². The molecule has 6 heteroatoms. The van der Waals surface area contributed by atoms with Crippen molar-refractivity contribution < 1.29 is 8.81 Å². The number of rotatable bonds is 4. The lowest BCUT2D eigenvalue weighted by molar-refractivity contribution is 0.439. The molecule has 4 aromatic rings. The highest BCUT2D eigenvalue weighted by atomic mass is 32.1. The fourth-order valence-corrected chi connectivity index (χ4v) is 4.14. The lowest BCUT2D eigenvalue weighted by atomic mass is 10.0. The van der Waals surface area contributed by atoms with Crippen LogP contribution in [0.4, 0.5) is 10.1 Å². The molecule has 2 atom stereocenters. The van der Waals surface area contributed by atoms with Gasteiger partial charge < -0.3 is 14.6 Å². The van der Waals surface area contributed by atoms with Gasteiger partial charge in [0, 0.05) is 17.4 Å². The molecule has 0 aliphatic carbocycles. The van der Waals surface area contributed by atoms with Gasteiger partial charge >= 0.3 is 0 Å². The van der Waals surface area contributed by atoms with Gasteiger partial charge in [0.25, 0.3) is 0 Å². The number of hydrogen-bond acceptors (Lipinski definition) is 3. The predicted molar refractivity (Wildman–Crippen MR) is 118 cm³/mol. The zero-order valence-electron chi connectivity index (χ0n) is 15.9. The van der Waals surface area contributed by atoms with Crippen LogP contribution in [0.5, 0.6) is 0 Å². The largest absolute Gasteiger partial charge is 0.459 e. The van der Waals surface area contributed by atoms with E-state index >= 15 is 0 Å². The Morgan fingerprint density at radius 2 is 1.67 bits per heavy atom. The van der Waals surface area contributed by atoms with Crippen LogP contribution in [0.1, 0.15) is 23.5 Å². The molecule has 30 heavy (non-hydrogen) atoms. The van der Waals surface area contributed by atoms with E-state index in [0.717, 1.165) is 22.7 Å². The Hall–Kier alpha value is -3.51. The Morgan fingerprint density at radius 1 is 0.900 bits per heavy atom. The van der Waals surface area contributed by atoms with Crippen LogP contribution < -0.4 is 10.2 Å². The Bertz CT molecular complexity index is 1160. The molecule has 1 fully saturated rings. The van der Waals surface area contributed by atoms with Crippen LogP contribution in [0.25, 0.3) is 11.3 Å². The number of halogens is 1. The molecule has 2 aromatic carbocycles. The monoisotopic (exact) mass is 415 g/mol. The van der Waals surface area contributed by atoms with Crippen molar-refractivity contribution >= 4 is 23.0 Å². The highest BCUT2D eigenvalue weighted by molar-refractivity contribution is 7.80. The highest BCUT2D eigenvalue weighted by Gasteiger charge is 2.42.